The number of rotatable bonds is 2. The first-order chi connectivity index (χ1) is 10.5. The Kier molecular flexibility index (Phi) is 5.08. The van der Waals surface area contributed by atoms with E-state index in [0.29, 0.717) is 29.7 Å². The molecule has 0 unspecified atom stereocenters. The largest absolute Gasteiger partial charge is 0.457 e. The molecule has 0 aliphatic heterocycles. The number of allylic oxidation sites excluding steroid dienone is 3. The first-order valence-corrected chi connectivity index (χ1v) is 6.79. The second kappa shape index (κ2) is 7.01. The van der Waals surface area contributed by atoms with Gasteiger partial charge in [-0.15, -0.1) is 0 Å². The summed E-state index contributed by atoms with van der Waals surface area (Å²) in [4.78, 5) is 0. The van der Waals surface area contributed by atoms with Gasteiger partial charge in [-0.05, 0) is 30.6 Å². The minimum atomic E-state index is -0.743. The number of benzene rings is 1. The monoisotopic (exact) mass is 303 g/mol. The summed E-state index contributed by atoms with van der Waals surface area (Å²) in [6.07, 6.45) is 3.55. The van der Waals surface area contributed by atoms with Crippen molar-refractivity contribution in [3.8, 4) is 11.8 Å². The fourth-order valence-corrected chi connectivity index (χ4v) is 2.09. The number of hydrogen-bond donors (Lipinski definition) is 1. The van der Waals surface area contributed by atoms with Crippen molar-refractivity contribution in [3.63, 3.8) is 0 Å². The van der Waals surface area contributed by atoms with Crippen molar-refractivity contribution in [1.82, 2.24) is 0 Å². The van der Waals surface area contributed by atoms with Gasteiger partial charge in [-0.1, -0.05) is 6.58 Å². The molecule has 0 radical (unpaired) electrons. The molecule has 1 atom stereocenters. The van der Waals surface area contributed by atoms with Crippen LogP contribution in [0.5, 0.6) is 5.75 Å². The number of nitriles is 1. The van der Waals surface area contributed by atoms with Crippen LogP contribution >= 0.6 is 0 Å². The molecule has 0 saturated heterocycles. The van der Waals surface area contributed by atoms with Crippen LogP contribution in [0.1, 0.15) is 19.3 Å². The third-order valence-corrected chi connectivity index (χ3v) is 3.23. The lowest BCUT2D eigenvalue weighted by Crippen LogP contribution is -2.07. The maximum absolute atomic E-state index is 13.2. The predicted molar refractivity (Wildman–Crippen MR) is 77.8 cm³/mol. The molecule has 22 heavy (non-hydrogen) atoms. The second-order valence-corrected chi connectivity index (χ2v) is 5.04. The smallest absolute Gasteiger partial charge is 0.133 e. The molecule has 0 bridgehead atoms. The van der Waals surface area contributed by atoms with Crippen LogP contribution in [0.15, 0.2) is 53.8 Å². The van der Waals surface area contributed by atoms with Crippen LogP contribution in [0.2, 0.25) is 0 Å². The third-order valence-electron chi connectivity index (χ3n) is 3.23. The summed E-state index contributed by atoms with van der Waals surface area (Å²) < 4.78 is 31.9. The van der Waals surface area contributed by atoms with Crippen LogP contribution in [-0.2, 0) is 0 Å². The first-order valence-electron chi connectivity index (χ1n) is 6.79. The molecular weight excluding hydrogens is 288 g/mol. The van der Waals surface area contributed by atoms with Gasteiger partial charge in [0.05, 0.1) is 12.2 Å². The van der Waals surface area contributed by atoms with Crippen molar-refractivity contribution in [2.45, 2.75) is 25.4 Å². The van der Waals surface area contributed by atoms with Gasteiger partial charge in [0.1, 0.15) is 23.1 Å². The predicted octanol–water partition coefficient (Wildman–Crippen LogP) is 3.78. The van der Waals surface area contributed by atoms with Gasteiger partial charge < -0.3 is 9.84 Å². The molecule has 114 valence electrons. The van der Waals surface area contributed by atoms with Crippen molar-refractivity contribution in [1.29, 1.82) is 5.26 Å². The Hall–Kier alpha value is -2.45. The van der Waals surface area contributed by atoms with E-state index in [1.807, 2.05) is 6.07 Å². The second-order valence-electron chi connectivity index (χ2n) is 5.04. The van der Waals surface area contributed by atoms with Gasteiger partial charge in [0.15, 0.2) is 0 Å². The molecule has 0 spiro atoms. The Bertz CT molecular complexity index is 666. The van der Waals surface area contributed by atoms with E-state index in [-0.39, 0.29) is 12.2 Å². The fourth-order valence-electron chi connectivity index (χ4n) is 2.09. The Morgan fingerprint density at radius 3 is 2.55 bits per heavy atom. The molecule has 2 rings (SSSR count). The average molecular weight is 303 g/mol. The van der Waals surface area contributed by atoms with Crippen molar-refractivity contribution in [2.75, 3.05) is 0 Å². The molecule has 3 nitrogen and oxygen atoms in total. The summed E-state index contributed by atoms with van der Waals surface area (Å²) in [5.74, 6) is -1.16. The fraction of sp³-hybridized carbons (Fsp3) is 0.235. The van der Waals surface area contributed by atoms with Crippen LogP contribution < -0.4 is 4.74 Å². The van der Waals surface area contributed by atoms with Crippen LogP contribution in [0.4, 0.5) is 8.78 Å². The van der Waals surface area contributed by atoms with Crippen molar-refractivity contribution in [2.24, 2.45) is 0 Å². The quantitative estimate of drug-likeness (QED) is 0.904. The minimum Gasteiger partial charge on any atom is -0.457 e. The lowest BCUT2D eigenvalue weighted by Gasteiger charge is -2.13. The van der Waals surface area contributed by atoms with Gasteiger partial charge in [-0.2, -0.15) is 5.26 Å². The SMILES string of the molecule is C=C1CC[C@@H](O)C/C(C#N)=C\C=C1Oc1cc(F)cc(F)c1. The molecule has 1 aromatic rings. The molecule has 0 amide bonds. The van der Waals surface area contributed by atoms with Crippen LogP contribution in [-0.4, -0.2) is 11.2 Å². The topological polar surface area (TPSA) is 53.2 Å². The molecule has 1 aliphatic carbocycles. The van der Waals surface area contributed by atoms with E-state index < -0.39 is 17.7 Å². The standard InChI is InChI=1S/C17H15F2NO2/c1-11-2-4-15(21)6-12(10-20)3-5-17(11)22-16-8-13(18)7-14(19)9-16/h3,5,7-9,15,21H,1-2,4,6H2/b12-3+,17-5?/t15-/m1/s1. The molecule has 0 fully saturated rings. The Balaban J connectivity index is 2.30. The number of hydrogen-bond acceptors (Lipinski definition) is 3. The molecule has 0 heterocycles. The Morgan fingerprint density at radius 2 is 1.91 bits per heavy atom. The van der Waals surface area contributed by atoms with E-state index in [1.165, 1.54) is 12.2 Å². The lowest BCUT2D eigenvalue weighted by atomic mass is 10.0. The number of halogens is 2. The molecular formula is C17H15F2NO2. The highest BCUT2D eigenvalue weighted by atomic mass is 19.1. The highest BCUT2D eigenvalue weighted by molar-refractivity contribution is 5.37. The Labute approximate surface area is 127 Å². The van der Waals surface area contributed by atoms with Crippen molar-refractivity contribution < 1.29 is 18.6 Å². The maximum Gasteiger partial charge on any atom is 0.133 e. The molecule has 0 saturated carbocycles. The average Bonchev–Trinajstić information content (AvgIpc) is 2.51. The third kappa shape index (κ3) is 4.27. The van der Waals surface area contributed by atoms with E-state index in [1.54, 1.807) is 0 Å². The highest BCUT2D eigenvalue weighted by Crippen LogP contribution is 2.25. The number of aliphatic hydroxyl groups excluding tert-OH is 1. The van der Waals surface area contributed by atoms with E-state index in [2.05, 4.69) is 6.58 Å². The van der Waals surface area contributed by atoms with Crippen LogP contribution in [0, 0.1) is 23.0 Å². The maximum atomic E-state index is 13.2. The van der Waals surface area contributed by atoms with Gasteiger partial charge >= 0.3 is 0 Å². The molecule has 0 aromatic heterocycles. The highest BCUT2D eigenvalue weighted by Gasteiger charge is 2.14. The molecule has 5 heteroatoms. The Morgan fingerprint density at radius 1 is 1.23 bits per heavy atom. The first kappa shape index (κ1) is 15.9. The van der Waals surface area contributed by atoms with Crippen molar-refractivity contribution in [3.05, 3.63) is 65.5 Å². The zero-order valence-electron chi connectivity index (χ0n) is 11.9. The molecule has 1 N–H and O–H groups in total. The van der Waals surface area contributed by atoms with Gasteiger partial charge in [-0.25, -0.2) is 8.78 Å². The minimum absolute atomic E-state index is 0.0107. The summed E-state index contributed by atoms with van der Waals surface area (Å²) in [5.41, 5.74) is 0.980. The zero-order valence-corrected chi connectivity index (χ0v) is 11.9. The normalized spacial score (nSPS) is 21.5. The van der Waals surface area contributed by atoms with E-state index in [0.717, 1.165) is 18.2 Å². The summed E-state index contributed by atoms with van der Waals surface area (Å²) >= 11 is 0. The lowest BCUT2D eigenvalue weighted by molar-refractivity contribution is 0.166. The van der Waals surface area contributed by atoms with Crippen LogP contribution in [0.3, 0.4) is 0 Å². The van der Waals surface area contributed by atoms with Crippen LogP contribution in [0.25, 0.3) is 0 Å². The summed E-state index contributed by atoms with van der Waals surface area (Å²) in [5, 5.41) is 18.8. The molecule has 1 aromatic carbocycles. The van der Waals surface area contributed by atoms with E-state index in [9.17, 15) is 13.9 Å². The van der Waals surface area contributed by atoms with E-state index >= 15 is 0 Å². The van der Waals surface area contributed by atoms with Gasteiger partial charge in [0, 0.05) is 30.2 Å². The van der Waals surface area contributed by atoms with E-state index in [4.69, 9.17) is 10.00 Å². The number of nitrogens with zero attached hydrogens (tertiary/aromatic N) is 1. The summed E-state index contributed by atoms with van der Waals surface area (Å²) in [6.45, 7) is 3.86. The number of aliphatic hydroxyl groups is 1. The van der Waals surface area contributed by atoms with Gasteiger partial charge in [0.25, 0.3) is 0 Å². The zero-order chi connectivity index (χ0) is 16.1. The number of ether oxygens (including phenoxy) is 1. The van der Waals surface area contributed by atoms with Gasteiger partial charge in [0.2, 0.25) is 0 Å². The van der Waals surface area contributed by atoms with Crippen molar-refractivity contribution >= 4 is 0 Å². The summed E-state index contributed by atoms with van der Waals surface area (Å²) in [6, 6.07) is 4.88. The molecule has 1 aliphatic rings. The van der Waals surface area contributed by atoms with Gasteiger partial charge in [-0.3, -0.25) is 0 Å². The summed E-state index contributed by atoms with van der Waals surface area (Å²) in [7, 11) is 0.